The number of rotatable bonds is 10. The second kappa shape index (κ2) is 19.2. The van der Waals surface area contributed by atoms with E-state index in [0.29, 0.717) is 47.8 Å². The SMILES string of the molecule is COCCOC(=O)N1C(=O)[C@@]2(c3cc(C#CCNC(N)=O)ccc31)[C@H](c1ccc(O)cc1)N1[C@H](c3ccccc3)[C@H](c3ccccc3)OC(=O)[C@H]1[C@@H]2C(=O)N1CCN(Cc2ccc3c(c2)OCO3)CC1. The van der Waals surface area contributed by atoms with Gasteiger partial charge in [-0.2, -0.15) is 0 Å². The molecule has 5 heterocycles. The van der Waals surface area contributed by atoms with E-state index in [1.54, 1.807) is 35.2 Å². The van der Waals surface area contributed by atoms with Gasteiger partial charge in [0.2, 0.25) is 18.6 Å². The van der Waals surface area contributed by atoms with Crippen LogP contribution < -0.4 is 25.4 Å². The molecule has 1 spiro atoms. The van der Waals surface area contributed by atoms with Gasteiger partial charge in [-0.05, 0) is 70.3 Å². The molecule has 0 radical (unpaired) electrons. The number of nitrogens with two attached hydrogens (primary N) is 1. The number of anilines is 1. The Morgan fingerprint density at radius 1 is 0.814 bits per heavy atom. The third-order valence-corrected chi connectivity index (χ3v) is 13.7. The lowest BCUT2D eigenvalue weighted by Gasteiger charge is -2.46. The van der Waals surface area contributed by atoms with Crippen molar-refractivity contribution in [1.29, 1.82) is 0 Å². The normalized spacial score (nSPS) is 23.5. The second-order valence-electron chi connectivity index (χ2n) is 17.6. The van der Waals surface area contributed by atoms with E-state index >= 15 is 14.4 Å². The van der Waals surface area contributed by atoms with Crippen LogP contribution in [0.2, 0.25) is 0 Å². The minimum Gasteiger partial charge on any atom is -0.508 e. The minimum absolute atomic E-state index is 0.0405. The van der Waals surface area contributed by atoms with Crippen molar-refractivity contribution >= 4 is 35.6 Å². The number of primary amides is 1. The van der Waals surface area contributed by atoms with Crippen molar-refractivity contribution in [3.8, 4) is 29.1 Å². The van der Waals surface area contributed by atoms with Gasteiger partial charge in [0.05, 0.1) is 36.8 Å². The fourth-order valence-corrected chi connectivity index (χ4v) is 10.8. The molecule has 0 aliphatic carbocycles. The topological polar surface area (TPSA) is 203 Å². The highest BCUT2D eigenvalue weighted by Crippen LogP contribution is 2.66. The smallest absolute Gasteiger partial charge is 0.421 e. The third kappa shape index (κ3) is 8.19. The van der Waals surface area contributed by atoms with Crippen LogP contribution >= 0.6 is 0 Å². The summed E-state index contributed by atoms with van der Waals surface area (Å²) in [5, 5.41) is 13.2. The molecule has 5 amide bonds. The molecule has 6 atom stereocenters. The molecule has 17 nitrogen and oxygen atoms in total. The highest BCUT2D eigenvalue weighted by molar-refractivity contribution is 6.23. The Balaban J connectivity index is 1.17. The summed E-state index contributed by atoms with van der Waals surface area (Å²) in [6, 6.07) is 31.6. The Morgan fingerprint density at radius 3 is 2.24 bits per heavy atom. The number of amides is 5. The number of cyclic esters (lactones) is 1. The number of phenols is 1. The van der Waals surface area contributed by atoms with Crippen molar-refractivity contribution in [3.63, 3.8) is 0 Å². The minimum atomic E-state index is -2.06. The number of imide groups is 1. The van der Waals surface area contributed by atoms with Gasteiger partial charge in [-0.3, -0.25) is 24.2 Å². The number of ether oxygens (including phenoxy) is 5. The summed E-state index contributed by atoms with van der Waals surface area (Å²) in [4.78, 5) is 80.9. The van der Waals surface area contributed by atoms with Crippen LogP contribution in [0.1, 0.15) is 51.6 Å². The molecular weight excluding hydrogens is 897 g/mol. The fourth-order valence-electron chi connectivity index (χ4n) is 10.8. The summed E-state index contributed by atoms with van der Waals surface area (Å²) < 4.78 is 28.6. The van der Waals surface area contributed by atoms with E-state index in [2.05, 4.69) is 22.1 Å². The van der Waals surface area contributed by atoms with Crippen LogP contribution in [0.25, 0.3) is 0 Å². The number of hydrogen-bond donors (Lipinski definition) is 3. The Morgan fingerprint density at radius 2 is 1.53 bits per heavy atom. The molecule has 358 valence electrons. The first kappa shape index (κ1) is 45.9. The molecule has 3 fully saturated rings. The molecule has 10 rings (SSSR count). The predicted molar refractivity (Wildman–Crippen MR) is 252 cm³/mol. The third-order valence-electron chi connectivity index (χ3n) is 13.7. The van der Waals surface area contributed by atoms with E-state index in [9.17, 15) is 14.7 Å². The van der Waals surface area contributed by atoms with Crippen LogP contribution in [-0.4, -0.2) is 116 Å². The number of nitrogens with one attached hydrogen (secondary N) is 1. The first-order chi connectivity index (χ1) is 34.1. The average Bonchev–Trinajstić information content (AvgIpc) is 4.05. The van der Waals surface area contributed by atoms with Crippen LogP contribution in [-0.2, 0) is 40.6 Å². The van der Waals surface area contributed by atoms with E-state index < -0.39 is 65.5 Å². The number of methoxy groups -OCH3 is 1. The van der Waals surface area contributed by atoms with Gasteiger partial charge in [0.15, 0.2) is 11.5 Å². The lowest BCUT2D eigenvalue weighted by molar-refractivity contribution is -0.179. The van der Waals surface area contributed by atoms with Crippen molar-refractivity contribution in [3.05, 3.63) is 155 Å². The van der Waals surface area contributed by atoms with Crippen molar-refractivity contribution < 1.29 is 52.8 Å². The first-order valence-electron chi connectivity index (χ1n) is 23.0. The lowest BCUT2D eigenvalue weighted by atomic mass is 9.65. The molecule has 5 aliphatic heterocycles. The number of esters is 1. The summed E-state index contributed by atoms with van der Waals surface area (Å²) in [5.41, 5.74) is 6.93. The van der Waals surface area contributed by atoms with Crippen LogP contribution in [0.4, 0.5) is 15.3 Å². The maximum Gasteiger partial charge on any atom is 0.421 e. The highest BCUT2D eigenvalue weighted by Gasteiger charge is 2.76. The van der Waals surface area contributed by atoms with Crippen molar-refractivity contribution in [1.82, 2.24) is 20.0 Å². The zero-order chi connectivity index (χ0) is 48.5. The first-order valence-corrected chi connectivity index (χ1v) is 23.0. The Labute approximate surface area is 403 Å². The predicted octanol–water partition coefficient (Wildman–Crippen LogP) is 4.93. The molecule has 17 heteroatoms. The van der Waals surface area contributed by atoms with E-state index in [-0.39, 0.29) is 56.6 Å². The molecule has 4 N–H and O–H groups in total. The molecule has 5 aromatic rings. The fraction of sp³-hybridized carbons (Fsp3) is 0.302. The van der Waals surface area contributed by atoms with Gasteiger partial charge in [-0.1, -0.05) is 90.7 Å². The van der Waals surface area contributed by atoms with Gasteiger partial charge in [0, 0.05) is 45.4 Å². The maximum absolute atomic E-state index is 16.4. The summed E-state index contributed by atoms with van der Waals surface area (Å²) in [7, 11) is 1.45. The van der Waals surface area contributed by atoms with Crippen LogP contribution in [0, 0.1) is 17.8 Å². The van der Waals surface area contributed by atoms with Gasteiger partial charge in [-0.25, -0.2) is 14.5 Å². The number of urea groups is 1. The summed E-state index contributed by atoms with van der Waals surface area (Å²) >= 11 is 0. The van der Waals surface area contributed by atoms with Crippen LogP contribution in [0.5, 0.6) is 17.2 Å². The Bertz CT molecular complexity index is 2880. The lowest BCUT2D eigenvalue weighted by Crippen LogP contribution is -2.59. The monoisotopic (exact) mass is 946 g/mol. The van der Waals surface area contributed by atoms with E-state index in [4.69, 9.17) is 29.4 Å². The van der Waals surface area contributed by atoms with E-state index in [1.165, 1.54) is 19.2 Å². The van der Waals surface area contributed by atoms with Crippen LogP contribution in [0.15, 0.2) is 121 Å². The van der Waals surface area contributed by atoms with Gasteiger partial charge < -0.3 is 44.7 Å². The average molecular weight is 947 g/mol. The number of nitrogens with zero attached hydrogens (tertiary/aromatic N) is 4. The molecule has 0 saturated carbocycles. The zero-order valence-electron chi connectivity index (χ0n) is 38.2. The zero-order valence-corrected chi connectivity index (χ0v) is 38.2. The second-order valence-corrected chi connectivity index (χ2v) is 17.6. The summed E-state index contributed by atoms with van der Waals surface area (Å²) in [6.45, 7) is 1.91. The summed E-state index contributed by atoms with van der Waals surface area (Å²) in [6.07, 6.45) is -1.94. The van der Waals surface area contributed by atoms with Crippen molar-refractivity contribution in [2.45, 2.75) is 36.2 Å². The largest absolute Gasteiger partial charge is 0.508 e. The molecule has 70 heavy (non-hydrogen) atoms. The van der Waals surface area contributed by atoms with Gasteiger partial charge in [0.25, 0.3) is 0 Å². The molecule has 0 bridgehead atoms. The van der Waals surface area contributed by atoms with Gasteiger partial charge in [0.1, 0.15) is 29.9 Å². The number of phenolic OH excluding ortho intramolecular Hbond substituents is 1. The van der Waals surface area contributed by atoms with Crippen LogP contribution in [0.3, 0.4) is 0 Å². The molecule has 0 aromatic heterocycles. The number of aromatic hydroxyl groups is 1. The highest BCUT2D eigenvalue weighted by atomic mass is 16.7. The van der Waals surface area contributed by atoms with Crippen molar-refractivity contribution in [2.75, 3.05) is 64.7 Å². The number of hydrogen-bond acceptors (Lipinski definition) is 13. The quantitative estimate of drug-likeness (QED) is 0.0968. The summed E-state index contributed by atoms with van der Waals surface area (Å²) in [5.74, 6) is 3.70. The number of piperazine rings is 1. The molecule has 3 saturated heterocycles. The Kier molecular flexibility index (Phi) is 12.6. The Hall–Kier alpha value is -7.91. The number of benzene rings is 5. The van der Waals surface area contributed by atoms with Crippen molar-refractivity contribution in [2.24, 2.45) is 11.7 Å². The number of carbonyl (C=O) groups is 5. The molecule has 0 unspecified atom stereocenters. The molecule has 5 aromatic carbocycles. The van der Waals surface area contributed by atoms with Gasteiger partial charge >= 0.3 is 18.1 Å². The van der Waals surface area contributed by atoms with E-state index in [1.807, 2.05) is 83.8 Å². The number of carbonyl (C=O) groups excluding carboxylic acids is 5. The molecule has 5 aliphatic rings. The van der Waals surface area contributed by atoms with E-state index in [0.717, 1.165) is 16.0 Å². The maximum atomic E-state index is 16.4. The van der Waals surface area contributed by atoms with Gasteiger partial charge in [-0.15, -0.1) is 0 Å². The number of fused-ring (bicyclic) bond motifs is 4. The number of morpholine rings is 1. The standard InChI is InChI=1S/C53H50N6O11/c1-66-27-28-67-52(65)58-40-20-14-33(9-8-22-55-51(54)64)29-39(40)53(50(58)63)43(48(61)57-25-23-56(24-26-57)31-34-15-21-41-42(30-34)69-32-68-41)45-49(62)70-46(36-12-6-3-7-13-36)44(35-10-4-2-5-11-35)59(45)47(53)37-16-18-38(60)19-17-37/h2-7,10-21,29-30,43-47,60H,22-28,31-32H2,1H3,(H3,54,55,64)/t43-,44-,45-,46+,47+,53-/m1/s1. The molecular formula is C53H50N6O11.